The average Bonchev–Trinajstić information content (AvgIpc) is 3.31. The monoisotopic (exact) mass is 441 g/mol. The van der Waals surface area contributed by atoms with E-state index in [0.29, 0.717) is 27.7 Å². The summed E-state index contributed by atoms with van der Waals surface area (Å²) in [6.45, 7) is 0. The van der Waals surface area contributed by atoms with Crippen molar-refractivity contribution in [1.29, 1.82) is 0 Å². The van der Waals surface area contributed by atoms with E-state index in [1.54, 1.807) is 29.1 Å². The molecule has 0 saturated heterocycles. The molecule has 0 bridgehead atoms. The van der Waals surface area contributed by atoms with Gasteiger partial charge in [-0.25, -0.2) is 4.68 Å². The standard InChI is InChI=1S/C24H16ClN5O2/c25-20-7-3-4-8-21(20)30-14-16(13-26-30)23(31)27-17-11-9-15(10-12-17)22-18-5-1-2-6-19(18)24(32)29-28-22/h1-14,19H,(H,27,31). The lowest BCUT2D eigenvalue weighted by molar-refractivity contribution is -0.119. The highest BCUT2D eigenvalue weighted by molar-refractivity contribution is 6.32. The highest BCUT2D eigenvalue weighted by Gasteiger charge is 2.27. The first-order valence-electron chi connectivity index (χ1n) is 9.86. The van der Waals surface area contributed by atoms with E-state index in [9.17, 15) is 9.59 Å². The summed E-state index contributed by atoms with van der Waals surface area (Å²) in [5, 5.41) is 15.5. The van der Waals surface area contributed by atoms with E-state index in [1.165, 1.54) is 6.20 Å². The third kappa shape index (κ3) is 3.70. The van der Waals surface area contributed by atoms with Crippen LogP contribution in [0.3, 0.4) is 0 Å². The molecule has 2 aromatic carbocycles. The average molecular weight is 442 g/mol. The molecule has 2 aliphatic rings. The van der Waals surface area contributed by atoms with Gasteiger partial charge in [0, 0.05) is 17.4 Å². The van der Waals surface area contributed by atoms with E-state index < -0.39 is 5.92 Å². The van der Waals surface area contributed by atoms with E-state index in [1.807, 2.05) is 54.6 Å². The van der Waals surface area contributed by atoms with Gasteiger partial charge in [-0.1, -0.05) is 60.2 Å². The van der Waals surface area contributed by atoms with Crippen molar-refractivity contribution in [2.75, 3.05) is 5.32 Å². The maximum atomic E-state index is 12.7. The lowest BCUT2D eigenvalue weighted by Crippen LogP contribution is -2.17. The number of nitrogens with zero attached hydrogens (tertiary/aromatic N) is 4. The summed E-state index contributed by atoms with van der Waals surface area (Å²) in [6.07, 6.45) is 10.5. The molecule has 0 radical (unpaired) electrons. The van der Waals surface area contributed by atoms with Gasteiger partial charge in [-0.15, -0.1) is 10.2 Å². The molecule has 0 fully saturated rings. The molecule has 2 heterocycles. The number of rotatable bonds is 4. The Labute approximate surface area is 188 Å². The SMILES string of the molecule is O=C(Nc1ccc(C2=C3C=CC=CC3C(=O)N=N2)cc1)c1cnn(-c2ccccc2Cl)c1. The highest BCUT2D eigenvalue weighted by Crippen LogP contribution is 2.34. The number of nitrogens with one attached hydrogen (secondary N) is 1. The maximum Gasteiger partial charge on any atom is 0.276 e. The summed E-state index contributed by atoms with van der Waals surface area (Å²) in [6, 6.07) is 14.5. The van der Waals surface area contributed by atoms with Crippen LogP contribution in [-0.4, -0.2) is 21.6 Å². The third-order valence-electron chi connectivity index (χ3n) is 5.17. The van der Waals surface area contributed by atoms with Crippen molar-refractivity contribution in [2.45, 2.75) is 0 Å². The van der Waals surface area contributed by atoms with Crippen LogP contribution in [0, 0.1) is 5.92 Å². The van der Waals surface area contributed by atoms with E-state index in [4.69, 9.17) is 11.6 Å². The van der Waals surface area contributed by atoms with Crippen LogP contribution in [0.5, 0.6) is 0 Å². The minimum absolute atomic E-state index is 0.273. The Morgan fingerprint density at radius 3 is 2.66 bits per heavy atom. The first kappa shape index (κ1) is 19.8. The van der Waals surface area contributed by atoms with Gasteiger partial charge in [-0.3, -0.25) is 9.59 Å². The predicted octanol–water partition coefficient (Wildman–Crippen LogP) is 5.22. The molecular weight excluding hydrogens is 426 g/mol. The number of hydrogen-bond acceptors (Lipinski definition) is 4. The molecule has 1 atom stereocenters. The van der Waals surface area contributed by atoms with Crippen molar-refractivity contribution in [3.63, 3.8) is 0 Å². The van der Waals surface area contributed by atoms with Crippen LogP contribution in [0.2, 0.25) is 5.02 Å². The molecule has 32 heavy (non-hydrogen) atoms. The molecule has 3 aromatic rings. The molecular formula is C24H16ClN5O2. The Morgan fingerprint density at radius 2 is 1.84 bits per heavy atom. The van der Waals surface area contributed by atoms with Crippen LogP contribution in [0.15, 0.2) is 101 Å². The molecule has 156 valence electrons. The van der Waals surface area contributed by atoms with Gasteiger partial charge < -0.3 is 5.32 Å². The normalized spacial score (nSPS) is 16.9. The number of amides is 2. The smallest absolute Gasteiger partial charge is 0.276 e. The van der Waals surface area contributed by atoms with Crippen molar-refractivity contribution < 1.29 is 9.59 Å². The molecule has 1 aromatic heterocycles. The topological polar surface area (TPSA) is 88.7 Å². The van der Waals surface area contributed by atoms with Gasteiger partial charge in [0.25, 0.3) is 11.8 Å². The zero-order chi connectivity index (χ0) is 22.1. The van der Waals surface area contributed by atoms with Crippen molar-refractivity contribution >= 4 is 34.8 Å². The van der Waals surface area contributed by atoms with Crippen LogP contribution >= 0.6 is 11.6 Å². The first-order valence-corrected chi connectivity index (χ1v) is 10.2. The van der Waals surface area contributed by atoms with Gasteiger partial charge in [-0.2, -0.15) is 5.10 Å². The summed E-state index contributed by atoms with van der Waals surface area (Å²) in [7, 11) is 0. The maximum absolute atomic E-state index is 12.7. The lowest BCUT2D eigenvalue weighted by atomic mass is 9.89. The summed E-state index contributed by atoms with van der Waals surface area (Å²) < 4.78 is 1.56. The molecule has 7 nitrogen and oxygen atoms in total. The fraction of sp³-hybridized carbons (Fsp3) is 0.0417. The van der Waals surface area contributed by atoms with Gasteiger partial charge in [0.1, 0.15) is 0 Å². The molecule has 0 spiro atoms. The summed E-state index contributed by atoms with van der Waals surface area (Å²) in [5.74, 6) is -0.964. The number of aromatic nitrogens is 2. The van der Waals surface area contributed by atoms with Crippen molar-refractivity contribution in [3.8, 4) is 5.69 Å². The Bertz CT molecular complexity index is 1350. The lowest BCUT2D eigenvalue weighted by Gasteiger charge is -2.19. The summed E-state index contributed by atoms with van der Waals surface area (Å²) in [4.78, 5) is 24.6. The fourth-order valence-electron chi connectivity index (χ4n) is 3.55. The molecule has 1 unspecified atom stereocenters. The number of azo groups is 1. The summed E-state index contributed by atoms with van der Waals surface area (Å²) in [5.41, 5.74) is 3.99. The molecule has 0 saturated carbocycles. The Kier molecular flexibility index (Phi) is 5.09. The van der Waals surface area contributed by atoms with Gasteiger partial charge in [0.2, 0.25) is 0 Å². The van der Waals surface area contributed by atoms with E-state index in [0.717, 1.165) is 11.1 Å². The Hall–Kier alpha value is -4.10. The number of hydrogen-bond donors (Lipinski definition) is 1. The molecule has 1 N–H and O–H groups in total. The van der Waals surface area contributed by atoms with E-state index >= 15 is 0 Å². The minimum atomic E-state index is -0.401. The number of carbonyl (C=O) groups excluding carboxylic acids is 2. The summed E-state index contributed by atoms with van der Waals surface area (Å²) >= 11 is 6.20. The van der Waals surface area contributed by atoms with Crippen molar-refractivity contribution in [3.05, 3.63) is 107 Å². The van der Waals surface area contributed by atoms with Crippen LogP contribution in [0.4, 0.5) is 5.69 Å². The number of allylic oxidation sites excluding steroid dienone is 3. The molecule has 2 amide bonds. The van der Waals surface area contributed by atoms with Crippen LogP contribution in [0.1, 0.15) is 15.9 Å². The van der Waals surface area contributed by atoms with Crippen LogP contribution in [-0.2, 0) is 4.79 Å². The predicted molar refractivity (Wildman–Crippen MR) is 122 cm³/mol. The van der Waals surface area contributed by atoms with Gasteiger partial charge in [0.15, 0.2) is 0 Å². The number of carbonyl (C=O) groups is 2. The fourth-order valence-corrected chi connectivity index (χ4v) is 3.77. The molecule has 5 rings (SSSR count). The quantitative estimate of drug-likeness (QED) is 0.601. The van der Waals surface area contributed by atoms with Gasteiger partial charge in [0.05, 0.1) is 34.1 Å². The van der Waals surface area contributed by atoms with Crippen molar-refractivity contribution in [1.82, 2.24) is 9.78 Å². The molecule has 1 aliphatic carbocycles. The zero-order valence-electron chi connectivity index (χ0n) is 16.6. The Morgan fingerprint density at radius 1 is 1.03 bits per heavy atom. The minimum Gasteiger partial charge on any atom is -0.322 e. The van der Waals surface area contributed by atoms with Gasteiger partial charge >= 0.3 is 0 Å². The molecule has 1 aliphatic heterocycles. The number of benzene rings is 2. The van der Waals surface area contributed by atoms with Gasteiger partial charge in [-0.05, 0) is 29.8 Å². The first-order chi connectivity index (χ1) is 15.6. The Balaban J connectivity index is 1.34. The third-order valence-corrected chi connectivity index (χ3v) is 5.49. The van der Waals surface area contributed by atoms with E-state index in [2.05, 4.69) is 20.6 Å². The number of para-hydroxylation sites is 1. The van der Waals surface area contributed by atoms with Crippen LogP contribution in [0.25, 0.3) is 11.4 Å². The highest BCUT2D eigenvalue weighted by atomic mass is 35.5. The second kappa shape index (κ2) is 8.20. The zero-order valence-corrected chi connectivity index (χ0v) is 17.4. The van der Waals surface area contributed by atoms with Crippen molar-refractivity contribution in [2.24, 2.45) is 16.1 Å². The van der Waals surface area contributed by atoms with E-state index in [-0.39, 0.29) is 11.8 Å². The largest absolute Gasteiger partial charge is 0.322 e. The number of halogens is 1. The second-order valence-corrected chi connectivity index (χ2v) is 7.63. The second-order valence-electron chi connectivity index (χ2n) is 7.22. The van der Waals surface area contributed by atoms with Crippen LogP contribution < -0.4 is 5.32 Å². The number of fused-ring (bicyclic) bond motifs is 1. The number of anilines is 1. The molecule has 8 heteroatoms.